The summed E-state index contributed by atoms with van der Waals surface area (Å²) in [5.74, 6) is -0.0662. The van der Waals surface area contributed by atoms with Gasteiger partial charge in [-0.05, 0) is 41.0 Å². The number of likely N-dealkylation sites (N-methyl/N-ethyl adjacent to an activating group) is 1. The van der Waals surface area contributed by atoms with Crippen molar-refractivity contribution in [2.45, 2.75) is 58.7 Å². The Labute approximate surface area is 121 Å². The molecule has 2 amide bonds. The van der Waals surface area contributed by atoms with Crippen molar-refractivity contribution in [3.8, 4) is 0 Å². The Hall–Kier alpha value is -1.30. The summed E-state index contributed by atoms with van der Waals surface area (Å²) in [6.45, 7) is 10.9. The van der Waals surface area contributed by atoms with Crippen LogP contribution in [0.4, 0.5) is 4.79 Å². The van der Waals surface area contributed by atoms with Gasteiger partial charge >= 0.3 is 6.09 Å². The van der Waals surface area contributed by atoms with Gasteiger partial charge < -0.3 is 20.3 Å². The van der Waals surface area contributed by atoms with Crippen molar-refractivity contribution in [3.63, 3.8) is 0 Å². The molecule has 1 saturated heterocycles. The molecule has 0 spiro atoms. The van der Waals surface area contributed by atoms with Crippen LogP contribution in [0.15, 0.2) is 0 Å². The molecule has 116 valence electrons. The molecule has 1 heterocycles. The zero-order chi connectivity index (χ0) is 15.5. The van der Waals surface area contributed by atoms with E-state index in [4.69, 9.17) is 10.5 Å². The molecule has 1 rings (SSSR count). The maximum absolute atomic E-state index is 12.0. The molecule has 0 saturated carbocycles. The van der Waals surface area contributed by atoms with Crippen LogP contribution in [0.25, 0.3) is 0 Å². The molecular formula is C14H27N3O3. The summed E-state index contributed by atoms with van der Waals surface area (Å²) < 4.78 is 5.35. The molecule has 2 N–H and O–H groups in total. The van der Waals surface area contributed by atoms with Crippen LogP contribution in [0.1, 0.15) is 41.0 Å². The van der Waals surface area contributed by atoms with E-state index in [2.05, 4.69) is 0 Å². The minimum atomic E-state index is -0.509. The average Bonchev–Trinajstić information content (AvgIpc) is 2.77. The van der Waals surface area contributed by atoms with Crippen molar-refractivity contribution in [3.05, 3.63) is 0 Å². The highest BCUT2D eigenvalue weighted by molar-refractivity contribution is 5.81. The molecule has 1 fully saturated rings. The molecule has 2 atom stereocenters. The number of carbonyl (C=O) groups is 2. The number of ether oxygens (including phenoxy) is 1. The van der Waals surface area contributed by atoms with E-state index in [0.29, 0.717) is 19.6 Å². The van der Waals surface area contributed by atoms with Gasteiger partial charge in [0.05, 0.1) is 12.1 Å². The molecule has 0 bridgehead atoms. The van der Waals surface area contributed by atoms with E-state index in [1.165, 1.54) is 0 Å². The summed E-state index contributed by atoms with van der Waals surface area (Å²) in [5, 5.41) is 0. The van der Waals surface area contributed by atoms with Gasteiger partial charge in [0.1, 0.15) is 5.60 Å². The SMILES string of the molecule is CCN(C(=O)[C@H](C)N)[C@H]1CCN(C(=O)OC(C)(C)C)C1. The maximum Gasteiger partial charge on any atom is 0.410 e. The number of likely N-dealkylation sites (tertiary alicyclic amines) is 1. The molecular weight excluding hydrogens is 258 g/mol. The van der Waals surface area contributed by atoms with Crippen molar-refractivity contribution < 1.29 is 14.3 Å². The lowest BCUT2D eigenvalue weighted by Gasteiger charge is -2.29. The summed E-state index contributed by atoms with van der Waals surface area (Å²) >= 11 is 0. The Bertz CT molecular complexity index is 363. The van der Waals surface area contributed by atoms with Crippen molar-refractivity contribution >= 4 is 12.0 Å². The summed E-state index contributed by atoms with van der Waals surface area (Å²) in [4.78, 5) is 27.4. The Balaban J connectivity index is 2.62. The van der Waals surface area contributed by atoms with E-state index in [1.807, 2.05) is 27.7 Å². The van der Waals surface area contributed by atoms with Crippen LogP contribution >= 0.6 is 0 Å². The lowest BCUT2D eigenvalue weighted by Crippen LogP contribution is -2.48. The highest BCUT2D eigenvalue weighted by atomic mass is 16.6. The predicted octanol–water partition coefficient (Wildman–Crippen LogP) is 1.19. The van der Waals surface area contributed by atoms with E-state index in [1.54, 1.807) is 16.7 Å². The molecule has 1 aliphatic heterocycles. The van der Waals surface area contributed by atoms with Crippen molar-refractivity contribution in [1.82, 2.24) is 9.80 Å². The largest absolute Gasteiger partial charge is 0.444 e. The van der Waals surface area contributed by atoms with Crippen LogP contribution in [0.2, 0.25) is 0 Å². The van der Waals surface area contributed by atoms with Crippen LogP contribution in [-0.4, -0.2) is 59.1 Å². The molecule has 20 heavy (non-hydrogen) atoms. The van der Waals surface area contributed by atoms with Gasteiger partial charge in [0.2, 0.25) is 5.91 Å². The Kier molecular flexibility index (Phi) is 5.39. The molecule has 0 aliphatic carbocycles. The van der Waals surface area contributed by atoms with Crippen molar-refractivity contribution in [2.75, 3.05) is 19.6 Å². The number of amides is 2. The summed E-state index contributed by atoms with van der Waals surface area (Å²) in [6.07, 6.45) is 0.454. The number of carbonyl (C=O) groups excluding carboxylic acids is 2. The van der Waals surface area contributed by atoms with Crippen LogP contribution in [0.3, 0.4) is 0 Å². The van der Waals surface area contributed by atoms with E-state index in [0.717, 1.165) is 6.42 Å². The van der Waals surface area contributed by atoms with Crippen LogP contribution in [0, 0.1) is 0 Å². The summed E-state index contributed by atoms with van der Waals surface area (Å²) in [5.41, 5.74) is 5.16. The zero-order valence-electron chi connectivity index (χ0n) is 13.2. The molecule has 0 aromatic rings. The van der Waals surface area contributed by atoms with Gasteiger partial charge in [-0.15, -0.1) is 0 Å². The summed E-state index contributed by atoms with van der Waals surface area (Å²) in [7, 11) is 0. The first kappa shape index (κ1) is 16.8. The quantitative estimate of drug-likeness (QED) is 0.845. The molecule has 1 aliphatic rings. The van der Waals surface area contributed by atoms with Gasteiger partial charge in [0.15, 0.2) is 0 Å². The fraction of sp³-hybridized carbons (Fsp3) is 0.857. The minimum Gasteiger partial charge on any atom is -0.444 e. The van der Waals surface area contributed by atoms with Crippen molar-refractivity contribution in [2.24, 2.45) is 5.73 Å². The van der Waals surface area contributed by atoms with Crippen LogP contribution in [0.5, 0.6) is 0 Å². The normalized spacial score (nSPS) is 20.7. The molecule has 0 aromatic heterocycles. The topological polar surface area (TPSA) is 75.9 Å². The standard InChI is InChI=1S/C14H27N3O3/c1-6-17(12(18)10(2)15)11-7-8-16(9-11)13(19)20-14(3,4)5/h10-11H,6-9,15H2,1-5H3/t10-,11-/m0/s1. The first-order valence-electron chi connectivity index (χ1n) is 7.19. The molecule has 6 heteroatoms. The third kappa shape index (κ3) is 4.37. The van der Waals surface area contributed by atoms with Gasteiger partial charge in [-0.3, -0.25) is 4.79 Å². The summed E-state index contributed by atoms with van der Waals surface area (Å²) in [6, 6.07) is -0.475. The second-order valence-corrected chi connectivity index (χ2v) is 6.28. The third-order valence-corrected chi connectivity index (χ3v) is 3.27. The lowest BCUT2D eigenvalue weighted by atomic mass is 10.2. The highest BCUT2D eigenvalue weighted by Gasteiger charge is 2.34. The smallest absolute Gasteiger partial charge is 0.410 e. The molecule has 0 radical (unpaired) electrons. The third-order valence-electron chi connectivity index (χ3n) is 3.27. The van der Waals surface area contributed by atoms with Crippen LogP contribution in [-0.2, 0) is 9.53 Å². The number of rotatable bonds is 3. The second kappa shape index (κ2) is 6.43. The Morgan fingerprint density at radius 3 is 2.50 bits per heavy atom. The number of nitrogens with zero attached hydrogens (tertiary/aromatic N) is 2. The molecule has 0 unspecified atom stereocenters. The van der Waals surface area contributed by atoms with Crippen molar-refractivity contribution in [1.29, 1.82) is 0 Å². The van der Waals surface area contributed by atoms with E-state index in [9.17, 15) is 9.59 Å². The second-order valence-electron chi connectivity index (χ2n) is 6.28. The monoisotopic (exact) mass is 285 g/mol. The number of hydrogen-bond donors (Lipinski definition) is 1. The highest BCUT2D eigenvalue weighted by Crippen LogP contribution is 2.19. The van der Waals surface area contributed by atoms with E-state index in [-0.39, 0.29) is 18.0 Å². The average molecular weight is 285 g/mol. The first-order valence-corrected chi connectivity index (χ1v) is 7.19. The Morgan fingerprint density at radius 2 is 2.05 bits per heavy atom. The van der Waals surface area contributed by atoms with Gasteiger partial charge in [0, 0.05) is 19.6 Å². The predicted molar refractivity (Wildman–Crippen MR) is 77.2 cm³/mol. The molecule has 0 aromatic carbocycles. The zero-order valence-corrected chi connectivity index (χ0v) is 13.2. The number of hydrogen-bond acceptors (Lipinski definition) is 4. The van der Waals surface area contributed by atoms with Gasteiger partial charge in [0.25, 0.3) is 0 Å². The lowest BCUT2D eigenvalue weighted by molar-refractivity contribution is -0.134. The van der Waals surface area contributed by atoms with Gasteiger partial charge in [-0.1, -0.05) is 0 Å². The van der Waals surface area contributed by atoms with Crippen LogP contribution < -0.4 is 5.73 Å². The fourth-order valence-electron chi connectivity index (χ4n) is 2.34. The van der Waals surface area contributed by atoms with E-state index < -0.39 is 11.6 Å². The molecule has 6 nitrogen and oxygen atoms in total. The van der Waals surface area contributed by atoms with E-state index >= 15 is 0 Å². The van der Waals surface area contributed by atoms with Gasteiger partial charge in [-0.2, -0.15) is 0 Å². The minimum absolute atomic E-state index is 0.0334. The fourth-order valence-corrected chi connectivity index (χ4v) is 2.34. The van der Waals surface area contributed by atoms with Gasteiger partial charge in [-0.25, -0.2) is 4.79 Å². The first-order chi connectivity index (χ1) is 9.15. The Morgan fingerprint density at radius 1 is 1.45 bits per heavy atom. The maximum atomic E-state index is 12.0. The number of nitrogens with two attached hydrogens (primary N) is 1.